The molecular weight excluding hydrogens is 492 g/mol. The van der Waals surface area contributed by atoms with Crippen LogP contribution in [0.5, 0.6) is 0 Å². The van der Waals surface area contributed by atoms with Crippen LogP contribution in [-0.4, -0.2) is 57.8 Å². The van der Waals surface area contributed by atoms with E-state index in [0.717, 1.165) is 46.8 Å². The smallest absolute Gasteiger partial charge is 0.226 e. The van der Waals surface area contributed by atoms with Crippen LogP contribution in [0.1, 0.15) is 31.1 Å². The Bertz CT molecular complexity index is 1340. The van der Waals surface area contributed by atoms with Crippen molar-refractivity contribution in [2.45, 2.75) is 32.6 Å². The van der Waals surface area contributed by atoms with E-state index >= 15 is 0 Å². The maximum absolute atomic E-state index is 12.7. The van der Waals surface area contributed by atoms with Gasteiger partial charge in [0.2, 0.25) is 11.8 Å². The highest BCUT2D eigenvalue weighted by molar-refractivity contribution is 7.18. The molecule has 4 heterocycles. The maximum Gasteiger partial charge on any atom is 0.226 e. The Morgan fingerprint density at radius 2 is 1.86 bits per heavy atom. The number of aryl methyl sites for hydroxylation is 1. The summed E-state index contributed by atoms with van der Waals surface area (Å²) >= 11 is 3.12. The number of nitrogens with one attached hydrogen (secondary N) is 1. The lowest BCUT2D eigenvalue weighted by molar-refractivity contribution is -0.131. The first-order chi connectivity index (χ1) is 17.6. The van der Waals surface area contributed by atoms with Crippen molar-refractivity contribution in [2.24, 2.45) is 0 Å². The molecule has 3 aromatic heterocycles. The normalized spacial score (nSPS) is 13.8. The van der Waals surface area contributed by atoms with E-state index in [9.17, 15) is 9.59 Å². The number of carbonyl (C=O) groups is 2. The van der Waals surface area contributed by atoms with Gasteiger partial charge in [0.1, 0.15) is 17.0 Å². The molecule has 0 spiro atoms. The Labute approximate surface area is 218 Å². The monoisotopic (exact) mass is 520 g/mol. The summed E-state index contributed by atoms with van der Waals surface area (Å²) in [5, 5.41) is 6.47. The number of aromatic nitrogens is 3. The van der Waals surface area contributed by atoms with E-state index in [1.807, 2.05) is 40.6 Å². The van der Waals surface area contributed by atoms with Crippen molar-refractivity contribution in [3.05, 3.63) is 53.0 Å². The van der Waals surface area contributed by atoms with Gasteiger partial charge >= 0.3 is 0 Å². The number of amides is 2. The lowest BCUT2D eigenvalue weighted by Gasteiger charge is -2.35. The molecule has 1 fully saturated rings. The molecule has 1 N–H and O–H groups in total. The third-order valence-electron chi connectivity index (χ3n) is 6.25. The van der Waals surface area contributed by atoms with E-state index in [-0.39, 0.29) is 11.8 Å². The molecule has 0 saturated carbocycles. The van der Waals surface area contributed by atoms with Crippen LogP contribution in [0.4, 0.5) is 10.9 Å². The number of fused-ring (bicyclic) bond motifs is 1. The van der Waals surface area contributed by atoms with Gasteiger partial charge in [0.25, 0.3) is 0 Å². The molecule has 0 radical (unpaired) electrons. The van der Waals surface area contributed by atoms with Gasteiger partial charge in [-0.3, -0.25) is 9.59 Å². The maximum atomic E-state index is 12.7. The Kier molecular flexibility index (Phi) is 7.52. The van der Waals surface area contributed by atoms with Crippen molar-refractivity contribution in [2.75, 3.05) is 36.4 Å². The quantitative estimate of drug-likeness (QED) is 0.358. The molecule has 1 aliphatic rings. The Morgan fingerprint density at radius 1 is 1.06 bits per heavy atom. The Balaban J connectivity index is 1.07. The molecule has 5 rings (SSSR count). The molecule has 10 heteroatoms. The molecule has 1 aliphatic heterocycles. The van der Waals surface area contributed by atoms with Crippen LogP contribution in [0.2, 0.25) is 0 Å². The van der Waals surface area contributed by atoms with E-state index in [1.165, 1.54) is 16.2 Å². The molecule has 1 saturated heterocycles. The number of thiazole rings is 1. The van der Waals surface area contributed by atoms with Crippen molar-refractivity contribution in [1.82, 2.24) is 19.9 Å². The zero-order valence-corrected chi connectivity index (χ0v) is 21.8. The number of hydrogen-bond donors (Lipinski definition) is 1. The summed E-state index contributed by atoms with van der Waals surface area (Å²) in [5.74, 6) is 0.939. The SMILES string of the molecule is CCc1cc2c(N3CCN(C(=O)CCCC(=O)Nc4nc(-c5ccccc5)cs4)CC3)ncnc2s1. The van der Waals surface area contributed by atoms with E-state index in [2.05, 4.69) is 38.2 Å². The fourth-order valence-electron chi connectivity index (χ4n) is 4.30. The predicted octanol–water partition coefficient (Wildman–Crippen LogP) is 4.83. The highest BCUT2D eigenvalue weighted by Crippen LogP contribution is 2.31. The van der Waals surface area contributed by atoms with E-state index in [4.69, 9.17) is 0 Å². The largest absolute Gasteiger partial charge is 0.352 e. The average Bonchev–Trinajstić information content (AvgIpc) is 3.56. The van der Waals surface area contributed by atoms with Crippen LogP contribution >= 0.6 is 22.7 Å². The zero-order valence-electron chi connectivity index (χ0n) is 20.1. The van der Waals surface area contributed by atoms with Crippen LogP contribution in [0.15, 0.2) is 48.1 Å². The minimum absolute atomic E-state index is 0.0969. The first kappa shape index (κ1) is 24.3. The second-order valence-electron chi connectivity index (χ2n) is 8.66. The van der Waals surface area contributed by atoms with E-state index in [1.54, 1.807) is 17.7 Å². The molecular formula is C26H28N6O2S2. The number of rotatable bonds is 8. The third kappa shape index (κ3) is 5.55. The number of nitrogens with zero attached hydrogens (tertiary/aromatic N) is 5. The van der Waals surface area contributed by atoms with Crippen LogP contribution in [0, 0.1) is 0 Å². The molecule has 1 aromatic carbocycles. The predicted molar refractivity (Wildman–Crippen MR) is 146 cm³/mol. The van der Waals surface area contributed by atoms with Crippen LogP contribution < -0.4 is 10.2 Å². The molecule has 2 amide bonds. The number of carbonyl (C=O) groups excluding carboxylic acids is 2. The molecule has 0 aliphatic carbocycles. The average molecular weight is 521 g/mol. The first-order valence-corrected chi connectivity index (χ1v) is 13.9. The summed E-state index contributed by atoms with van der Waals surface area (Å²) < 4.78 is 0. The molecule has 0 atom stereocenters. The number of thiophene rings is 1. The summed E-state index contributed by atoms with van der Waals surface area (Å²) in [5.41, 5.74) is 1.86. The minimum Gasteiger partial charge on any atom is -0.352 e. The van der Waals surface area contributed by atoms with Gasteiger partial charge < -0.3 is 15.1 Å². The second kappa shape index (κ2) is 11.1. The minimum atomic E-state index is -0.114. The zero-order chi connectivity index (χ0) is 24.9. The molecule has 186 valence electrons. The number of benzene rings is 1. The number of hydrogen-bond acceptors (Lipinski definition) is 8. The van der Waals surface area contributed by atoms with Gasteiger partial charge in [0.15, 0.2) is 5.13 Å². The lowest BCUT2D eigenvalue weighted by atomic mass is 10.2. The second-order valence-corrected chi connectivity index (χ2v) is 10.6. The Hall–Kier alpha value is -3.37. The molecule has 4 aromatic rings. The highest BCUT2D eigenvalue weighted by Gasteiger charge is 2.23. The van der Waals surface area contributed by atoms with Gasteiger partial charge in [-0.25, -0.2) is 15.0 Å². The van der Waals surface area contributed by atoms with Crippen molar-refractivity contribution in [1.29, 1.82) is 0 Å². The summed E-state index contributed by atoms with van der Waals surface area (Å²) in [4.78, 5) is 45.0. The van der Waals surface area contributed by atoms with Crippen molar-refractivity contribution in [3.63, 3.8) is 0 Å². The Morgan fingerprint density at radius 3 is 2.64 bits per heavy atom. The fraction of sp³-hybridized carbons (Fsp3) is 0.346. The summed E-state index contributed by atoms with van der Waals surface area (Å²) in [6.45, 7) is 4.94. The van der Waals surface area contributed by atoms with Crippen LogP contribution in [0.25, 0.3) is 21.5 Å². The van der Waals surface area contributed by atoms with Crippen molar-refractivity contribution < 1.29 is 9.59 Å². The van der Waals surface area contributed by atoms with Crippen molar-refractivity contribution >= 4 is 55.7 Å². The van der Waals surface area contributed by atoms with Crippen LogP contribution in [-0.2, 0) is 16.0 Å². The van der Waals surface area contributed by atoms with Gasteiger partial charge in [-0.05, 0) is 18.9 Å². The van der Waals surface area contributed by atoms with Gasteiger partial charge in [0.05, 0.1) is 11.1 Å². The van der Waals surface area contributed by atoms with Gasteiger partial charge in [-0.15, -0.1) is 22.7 Å². The highest BCUT2D eigenvalue weighted by atomic mass is 32.1. The van der Waals surface area contributed by atoms with E-state index in [0.29, 0.717) is 37.5 Å². The number of anilines is 2. The molecule has 0 bridgehead atoms. The van der Waals surface area contributed by atoms with Crippen molar-refractivity contribution in [3.8, 4) is 11.3 Å². The van der Waals surface area contributed by atoms with E-state index < -0.39 is 0 Å². The summed E-state index contributed by atoms with van der Waals surface area (Å²) in [6.07, 6.45) is 3.79. The number of piperazine rings is 1. The summed E-state index contributed by atoms with van der Waals surface area (Å²) in [7, 11) is 0. The standard InChI is InChI=1S/C26H28N6O2S2/c1-2-19-15-20-24(27-17-28-25(20)36-19)32-13-11-31(12-14-32)23(34)10-6-9-22(33)30-26-29-21(16-35-26)18-7-4-3-5-8-18/h3-5,7-8,15-17H,2,6,9-14H2,1H3,(H,29,30,33). The first-order valence-electron chi connectivity index (χ1n) is 12.2. The molecule has 0 unspecified atom stereocenters. The van der Waals surface area contributed by atoms with Gasteiger partial charge in [-0.2, -0.15) is 0 Å². The summed E-state index contributed by atoms with van der Waals surface area (Å²) in [6, 6.07) is 12.1. The molecule has 8 nitrogen and oxygen atoms in total. The topological polar surface area (TPSA) is 91.3 Å². The van der Waals surface area contributed by atoms with Gasteiger partial charge in [0, 0.05) is 54.8 Å². The lowest BCUT2D eigenvalue weighted by Crippen LogP contribution is -2.49. The fourth-order valence-corrected chi connectivity index (χ4v) is 5.96. The van der Waals surface area contributed by atoms with Crippen LogP contribution in [0.3, 0.4) is 0 Å². The van der Waals surface area contributed by atoms with Gasteiger partial charge in [-0.1, -0.05) is 37.3 Å². The molecule has 36 heavy (non-hydrogen) atoms. The third-order valence-corrected chi connectivity index (χ3v) is 8.20.